The number of hydrogen-bond acceptors (Lipinski definition) is 9. The zero-order valence-corrected chi connectivity index (χ0v) is 30.6. The van der Waals surface area contributed by atoms with E-state index in [1.165, 1.54) is 0 Å². The number of likely N-dealkylation sites (tertiary alicyclic amines) is 1. The average molecular weight is 667 g/mol. The molecule has 2 atom stereocenters. The molecule has 12 heteroatoms. The van der Waals surface area contributed by atoms with Gasteiger partial charge in [-0.3, -0.25) is 24.3 Å². The third-order valence-corrected chi connectivity index (χ3v) is 10.6. The molecule has 4 rings (SSSR count). The second-order valence-electron chi connectivity index (χ2n) is 15.0. The zero-order chi connectivity index (χ0) is 34.8. The summed E-state index contributed by atoms with van der Waals surface area (Å²) in [4.78, 5) is 47.7. The van der Waals surface area contributed by atoms with Crippen LogP contribution in [0.5, 0.6) is 0 Å². The lowest BCUT2D eigenvalue weighted by Gasteiger charge is -2.40. The van der Waals surface area contributed by atoms with E-state index in [1.807, 2.05) is 58.3 Å². The molecule has 4 heterocycles. The number of nitrogens with one attached hydrogen (secondary N) is 1. The van der Waals surface area contributed by atoms with Gasteiger partial charge in [0.2, 0.25) is 11.8 Å². The molecular weight excluding hydrogens is 600 g/mol. The first-order chi connectivity index (χ1) is 22.2. The van der Waals surface area contributed by atoms with Gasteiger partial charge in [-0.2, -0.15) is 0 Å². The molecule has 0 aromatic rings. The zero-order valence-electron chi connectivity index (χ0n) is 30.6. The molecule has 4 fully saturated rings. The highest BCUT2D eigenvalue weighted by Crippen LogP contribution is 2.24. The largest absolute Gasteiger partial charge is 0.444 e. The van der Waals surface area contributed by atoms with Gasteiger partial charge in [0.1, 0.15) is 11.6 Å². The minimum Gasteiger partial charge on any atom is -0.444 e. The molecule has 47 heavy (non-hydrogen) atoms. The van der Waals surface area contributed by atoms with Crippen molar-refractivity contribution in [2.24, 2.45) is 0 Å². The van der Waals surface area contributed by atoms with Crippen molar-refractivity contribution in [1.29, 1.82) is 0 Å². The highest BCUT2D eigenvalue weighted by molar-refractivity contribution is 5.86. The molecule has 0 aliphatic carbocycles. The van der Waals surface area contributed by atoms with E-state index in [9.17, 15) is 24.6 Å². The monoisotopic (exact) mass is 667 g/mol. The standard InChI is InChI=1S/C20H37N3O4.C15H29N3O2/c1-6-20(26,7-2)15-21-11-13-22(14-12-21)17(24)16-9-8-10-23(16)18(25)27-19(3,4)5;1-3-15(20,4-2)12-17-8-10-18(11-9-17)14(19)13-6-5-7-16-13/h16,26H,6-15H2,1-5H3;13,16,20H,3-12H2,1-2H3/t16-;13-/m00/s1. The lowest BCUT2D eigenvalue weighted by Crippen LogP contribution is -2.56. The molecule has 0 spiro atoms. The van der Waals surface area contributed by atoms with E-state index in [-0.39, 0.29) is 17.9 Å². The van der Waals surface area contributed by atoms with Crippen LogP contribution in [0.4, 0.5) is 4.79 Å². The molecule has 4 saturated heterocycles. The summed E-state index contributed by atoms with van der Waals surface area (Å²) >= 11 is 0. The first kappa shape index (κ1) is 39.4. The minimum atomic E-state index is -0.648. The Morgan fingerprint density at radius 1 is 0.681 bits per heavy atom. The maximum absolute atomic E-state index is 13.0. The summed E-state index contributed by atoms with van der Waals surface area (Å²) in [6, 6.07) is -0.362. The van der Waals surface area contributed by atoms with Gasteiger partial charge in [0.25, 0.3) is 0 Å². The van der Waals surface area contributed by atoms with E-state index in [0.717, 1.165) is 97.3 Å². The lowest BCUT2D eigenvalue weighted by molar-refractivity contribution is -0.138. The predicted molar refractivity (Wildman–Crippen MR) is 184 cm³/mol. The first-order valence-electron chi connectivity index (χ1n) is 18.4. The van der Waals surface area contributed by atoms with Crippen LogP contribution in [0.2, 0.25) is 0 Å². The summed E-state index contributed by atoms with van der Waals surface area (Å²) in [7, 11) is 0. The van der Waals surface area contributed by atoms with Crippen molar-refractivity contribution >= 4 is 17.9 Å². The normalized spacial score (nSPS) is 23.5. The SMILES string of the molecule is CCC(O)(CC)CN1CCN(C(=O)[C@@H]2CCCN2)CC1.CCC(O)(CC)CN1CCN(C(=O)[C@@H]2CCCN2C(=O)OC(C)(C)C)CC1. The molecule has 0 radical (unpaired) electrons. The fraction of sp³-hybridized carbons (Fsp3) is 0.914. The number of aliphatic hydroxyl groups is 2. The minimum absolute atomic E-state index is 0.0271. The third-order valence-electron chi connectivity index (χ3n) is 10.6. The Labute approximate surface area is 284 Å². The number of piperazine rings is 2. The summed E-state index contributed by atoms with van der Waals surface area (Å²) in [5, 5.41) is 24.2. The number of nitrogens with zero attached hydrogens (tertiary/aromatic N) is 5. The van der Waals surface area contributed by atoms with E-state index in [2.05, 4.69) is 15.1 Å². The Morgan fingerprint density at radius 2 is 1.15 bits per heavy atom. The van der Waals surface area contributed by atoms with Crippen LogP contribution in [0.3, 0.4) is 0 Å². The number of hydrogen-bond donors (Lipinski definition) is 3. The second kappa shape index (κ2) is 17.6. The van der Waals surface area contributed by atoms with Crippen LogP contribution in [0, 0.1) is 0 Å². The van der Waals surface area contributed by atoms with Crippen LogP contribution in [-0.2, 0) is 14.3 Å². The molecule has 3 N–H and O–H groups in total. The summed E-state index contributed by atoms with van der Waals surface area (Å²) in [5.74, 6) is 0.294. The van der Waals surface area contributed by atoms with E-state index < -0.39 is 28.9 Å². The predicted octanol–water partition coefficient (Wildman–Crippen LogP) is 2.51. The molecule has 4 aliphatic heterocycles. The molecule has 272 valence electrons. The van der Waals surface area contributed by atoms with E-state index >= 15 is 0 Å². The Balaban J connectivity index is 0.000000267. The Morgan fingerprint density at radius 3 is 1.55 bits per heavy atom. The number of amides is 3. The summed E-state index contributed by atoms with van der Waals surface area (Å²) < 4.78 is 5.47. The van der Waals surface area contributed by atoms with Gasteiger partial charge >= 0.3 is 6.09 Å². The summed E-state index contributed by atoms with van der Waals surface area (Å²) in [5.41, 5.74) is -1.78. The molecular formula is C35H66N6O6. The van der Waals surface area contributed by atoms with E-state index in [1.54, 1.807) is 4.90 Å². The van der Waals surface area contributed by atoms with E-state index in [0.29, 0.717) is 32.6 Å². The van der Waals surface area contributed by atoms with Gasteiger partial charge in [-0.25, -0.2) is 4.79 Å². The smallest absolute Gasteiger partial charge is 0.410 e. The molecule has 3 amide bonds. The highest BCUT2D eigenvalue weighted by Gasteiger charge is 2.40. The van der Waals surface area contributed by atoms with Gasteiger partial charge in [0, 0.05) is 72.0 Å². The number of carbonyl (C=O) groups is 3. The maximum Gasteiger partial charge on any atom is 0.410 e. The second-order valence-corrected chi connectivity index (χ2v) is 15.0. The average Bonchev–Trinajstić information content (AvgIpc) is 3.78. The van der Waals surface area contributed by atoms with Crippen molar-refractivity contribution in [3.63, 3.8) is 0 Å². The Bertz CT molecular complexity index is 991. The Kier molecular flexibility index (Phi) is 14.8. The maximum atomic E-state index is 13.0. The molecule has 4 aliphatic rings. The van der Waals surface area contributed by atoms with Gasteiger partial charge in [0.15, 0.2) is 0 Å². The van der Waals surface area contributed by atoms with Crippen LogP contribution in [-0.4, -0.2) is 160 Å². The van der Waals surface area contributed by atoms with Crippen molar-refractivity contribution in [2.75, 3.05) is 78.5 Å². The Hall–Kier alpha value is -1.99. The topological polar surface area (TPSA) is 129 Å². The molecule has 0 saturated carbocycles. The molecule has 0 aromatic carbocycles. The molecule has 0 bridgehead atoms. The van der Waals surface area contributed by atoms with Crippen molar-refractivity contribution in [3.8, 4) is 0 Å². The third kappa shape index (κ3) is 11.5. The number of rotatable bonds is 10. The van der Waals surface area contributed by atoms with Crippen molar-refractivity contribution in [1.82, 2.24) is 29.8 Å². The van der Waals surface area contributed by atoms with Crippen molar-refractivity contribution in [2.45, 2.75) is 129 Å². The lowest BCUT2D eigenvalue weighted by atomic mass is 9.96. The van der Waals surface area contributed by atoms with Crippen LogP contribution in [0.1, 0.15) is 99.8 Å². The van der Waals surface area contributed by atoms with Crippen LogP contribution in [0.15, 0.2) is 0 Å². The summed E-state index contributed by atoms with van der Waals surface area (Å²) in [6.07, 6.45) is 6.25. The van der Waals surface area contributed by atoms with E-state index in [4.69, 9.17) is 4.74 Å². The van der Waals surface area contributed by atoms with Gasteiger partial charge in [-0.1, -0.05) is 27.7 Å². The van der Waals surface area contributed by atoms with Crippen molar-refractivity contribution < 1.29 is 29.3 Å². The molecule has 0 aromatic heterocycles. The molecule has 0 unspecified atom stereocenters. The van der Waals surface area contributed by atoms with Crippen LogP contribution < -0.4 is 5.32 Å². The van der Waals surface area contributed by atoms with Gasteiger partial charge in [-0.05, 0) is 78.7 Å². The first-order valence-corrected chi connectivity index (χ1v) is 18.4. The number of β-amino-alcohol motifs (C(OH)–C–C–N with tert-alkyl or cyclic N) is 2. The summed E-state index contributed by atoms with van der Waals surface area (Å²) in [6.45, 7) is 22.7. The van der Waals surface area contributed by atoms with Crippen LogP contribution in [0.25, 0.3) is 0 Å². The van der Waals surface area contributed by atoms with Gasteiger partial charge < -0.3 is 30.1 Å². The van der Waals surface area contributed by atoms with Crippen molar-refractivity contribution in [3.05, 3.63) is 0 Å². The molecule has 12 nitrogen and oxygen atoms in total. The fourth-order valence-electron chi connectivity index (χ4n) is 6.92. The van der Waals surface area contributed by atoms with Gasteiger partial charge in [-0.15, -0.1) is 0 Å². The fourth-order valence-corrected chi connectivity index (χ4v) is 6.92. The number of carbonyl (C=O) groups excluding carboxylic acids is 3. The van der Waals surface area contributed by atoms with Crippen LogP contribution >= 0.6 is 0 Å². The highest BCUT2D eigenvalue weighted by atomic mass is 16.6. The quantitative estimate of drug-likeness (QED) is 0.322. The van der Waals surface area contributed by atoms with Gasteiger partial charge in [0.05, 0.1) is 17.2 Å². The number of ether oxygens (including phenoxy) is 1.